The number of alkyl halides is 3. The molecule has 0 spiro atoms. The number of nitrogens with one attached hydrogen (secondary N) is 1. The van der Waals surface area contributed by atoms with Gasteiger partial charge in [0.25, 0.3) is 5.91 Å². The summed E-state index contributed by atoms with van der Waals surface area (Å²) in [4.78, 5) is 20.1. The van der Waals surface area contributed by atoms with Gasteiger partial charge in [-0.25, -0.2) is 9.37 Å². The van der Waals surface area contributed by atoms with Crippen LogP contribution in [0.25, 0.3) is 0 Å². The molecule has 3 N–H and O–H groups in total. The Balaban J connectivity index is 2.00. The maximum absolute atomic E-state index is 14.6. The molecule has 3 rings (SSSR count). The zero-order valence-corrected chi connectivity index (χ0v) is 16.7. The Morgan fingerprint density at radius 1 is 1.33 bits per heavy atom. The molecule has 0 saturated carbocycles. The van der Waals surface area contributed by atoms with Crippen LogP contribution < -0.4 is 11.1 Å². The Labute approximate surface area is 178 Å². The van der Waals surface area contributed by atoms with Gasteiger partial charge in [-0.3, -0.25) is 9.79 Å². The van der Waals surface area contributed by atoms with Gasteiger partial charge in [0.05, 0.1) is 10.0 Å². The fraction of sp³-hybridized carbons (Fsp3) is 0.278. The number of amidine groups is 1. The van der Waals surface area contributed by atoms with E-state index in [0.29, 0.717) is 0 Å². The van der Waals surface area contributed by atoms with Crippen molar-refractivity contribution in [2.45, 2.75) is 24.7 Å². The molecular formula is C18H14Cl2F4N4O2. The van der Waals surface area contributed by atoms with Crippen LogP contribution in [0.15, 0.2) is 35.5 Å². The smallest absolute Gasteiger partial charge is 0.386 e. The number of halogens is 6. The molecule has 0 radical (unpaired) electrons. The SMILES string of the molecule is CC1(c2cc(NC(=O)c3ncc(Cl)cc3Cl)ccc2F)N=C(N)COC1C(F)(F)F. The first kappa shape index (κ1) is 22.3. The Hall–Kier alpha value is -2.43. The second-order valence-electron chi connectivity index (χ2n) is 6.62. The van der Waals surface area contributed by atoms with Gasteiger partial charge in [-0.15, -0.1) is 0 Å². The summed E-state index contributed by atoms with van der Waals surface area (Å²) in [5.74, 6) is -1.96. The highest BCUT2D eigenvalue weighted by Crippen LogP contribution is 2.43. The summed E-state index contributed by atoms with van der Waals surface area (Å²) in [5, 5.41) is 2.58. The van der Waals surface area contributed by atoms with Gasteiger partial charge in [-0.05, 0) is 31.2 Å². The highest BCUT2D eigenvalue weighted by Gasteiger charge is 2.56. The monoisotopic (exact) mass is 464 g/mol. The lowest BCUT2D eigenvalue weighted by Crippen LogP contribution is -2.53. The van der Waals surface area contributed by atoms with E-state index in [0.717, 1.165) is 19.1 Å². The van der Waals surface area contributed by atoms with Crippen molar-refractivity contribution < 1.29 is 27.1 Å². The van der Waals surface area contributed by atoms with Crippen molar-refractivity contribution in [1.29, 1.82) is 0 Å². The van der Waals surface area contributed by atoms with E-state index < -0.39 is 41.7 Å². The minimum Gasteiger partial charge on any atom is -0.386 e. The standard InChI is InChI=1S/C18H14Cl2F4N4O2/c1-17(16(18(22,23)24)30-7-13(25)28-17)10-5-9(2-3-12(10)21)27-15(29)14-11(20)4-8(19)6-26-14/h2-6,16H,7H2,1H3,(H2,25,28)(H,27,29). The Bertz CT molecular complexity index is 1030. The molecule has 0 bridgehead atoms. The molecule has 1 aliphatic heterocycles. The molecule has 6 nitrogen and oxygen atoms in total. The predicted molar refractivity (Wildman–Crippen MR) is 103 cm³/mol. The third kappa shape index (κ3) is 4.35. The van der Waals surface area contributed by atoms with Gasteiger partial charge in [-0.1, -0.05) is 23.2 Å². The van der Waals surface area contributed by atoms with Gasteiger partial charge in [0.2, 0.25) is 0 Å². The third-order valence-electron chi connectivity index (χ3n) is 4.37. The summed E-state index contributed by atoms with van der Waals surface area (Å²) in [6.07, 6.45) is -6.08. The van der Waals surface area contributed by atoms with Gasteiger partial charge in [0, 0.05) is 17.4 Å². The number of aromatic nitrogens is 1. The number of nitrogens with two attached hydrogens (primary N) is 1. The van der Waals surface area contributed by atoms with E-state index in [1.807, 2.05) is 0 Å². The van der Waals surface area contributed by atoms with E-state index in [9.17, 15) is 22.4 Å². The molecular weight excluding hydrogens is 451 g/mol. The second kappa shape index (κ2) is 8.01. The fourth-order valence-electron chi connectivity index (χ4n) is 3.10. The van der Waals surface area contributed by atoms with Crippen LogP contribution in [0.5, 0.6) is 0 Å². The van der Waals surface area contributed by atoms with Crippen molar-refractivity contribution in [2.75, 3.05) is 11.9 Å². The van der Waals surface area contributed by atoms with Crippen molar-refractivity contribution in [3.05, 3.63) is 57.6 Å². The van der Waals surface area contributed by atoms with Crippen molar-refractivity contribution in [3.8, 4) is 0 Å². The van der Waals surface area contributed by atoms with Crippen molar-refractivity contribution in [1.82, 2.24) is 4.98 Å². The number of carbonyl (C=O) groups excluding carboxylic acids is 1. The number of benzene rings is 1. The number of hydrogen-bond acceptors (Lipinski definition) is 5. The van der Waals surface area contributed by atoms with Gasteiger partial charge >= 0.3 is 6.18 Å². The molecule has 12 heteroatoms. The van der Waals surface area contributed by atoms with Gasteiger partial charge < -0.3 is 15.8 Å². The lowest BCUT2D eigenvalue weighted by atomic mass is 9.84. The highest BCUT2D eigenvalue weighted by atomic mass is 35.5. The molecule has 0 saturated heterocycles. The molecule has 1 aromatic carbocycles. The van der Waals surface area contributed by atoms with Gasteiger partial charge in [-0.2, -0.15) is 13.2 Å². The first-order valence-electron chi connectivity index (χ1n) is 8.37. The summed E-state index contributed by atoms with van der Waals surface area (Å²) in [5.41, 5.74) is 2.71. The fourth-order valence-corrected chi connectivity index (χ4v) is 3.56. The van der Waals surface area contributed by atoms with Gasteiger partial charge in [0.15, 0.2) is 6.10 Å². The molecule has 1 aromatic heterocycles. The average Bonchev–Trinajstić information content (AvgIpc) is 2.61. The van der Waals surface area contributed by atoms with Crippen LogP contribution in [0.1, 0.15) is 23.0 Å². The molecule has 2 unspecified atom stereocenters. The van der Waals surface area contributed by atoms with Crippen molar-refractivity contribution in [2.24, 2.45) is 10.7 Å². The van der Waals surface area contributed by atoms with E-state index in [-0.39, 0.29) is 27.3 Å². The van der Waals surface area contributed by atoms with Crippen LogP contribution in [0, 0.1) is 5.82 Å². The van der Waals surface area contributed by atoms with Gasteiger partial charge in [0.1, 0.15) is 29.5 Å². The highest BCUT2D eigenvalue weighted by molar-refractivity contribution is 6.36. The normalized spacial score (nSPS) is 21.8. The second-order valence-corrected chi connectivity index (χ2v) is 7.46. The largest absolute Gasteiger partial charge is 0.417 e. The molecule has 1 amide bonds. The maximum atomic E-state index is 14.6. The number of ether oxygens (including phenoxy) is 1. The quantitative estimate of drug-likeness (QED) is 0.662. The van der Waals surface area contributed by atoms with Crippen LogP contribution in [-0.2, 0) is 10.3 Å². The van der Waals surface area contributed by atoms with Crippen LogP contribution in [0.4, 0.5) is 23.2 Å². The van der Waals surface area contributed by atoms with Crippen molar-refractivity contribution in [3.63, 3.8) is 0 Å². The number of hydrogen-bond donors (Lipinski definition) is 2. The number of aliphatic imine (C=N–C) groups is 1. The minimum atomic E-state index is -4.84. The minimum absolute atomic E-state index is 0.00860. The van der Waals surface area contributed by atoms with Crippen molar-refractivity contribution >= 4 is 40.6 Å². The molecule has 1 aliphatic rings. The Morgan fingerprint density at radius 2 is 2.03 bits per heavy atom. The topological polar surface area (TPSA) is 89.6 Å². The Morgan fingerprint density at radius 3 is 2.67 bits per heavy atom. The number of pyridine rings is 1. The number of carbonyl (C=O) groups is 1. The van der Waals surface area contributed by atoms with E-state index in [1.165, 1.54) is 18.3 Å². The first-order chi connectivity index (χ1) is 13.9. The molecule has 2 atom stereocenters. The van der Waals surface area contributed by atoms with E-state index in [2.05, 4.69) is 15.3 Å². The third-order valence-corrected chi connectivity index (χ3v) is 4.87. The summed E-state index contributed by atoms with van der Waals surface area (Å²) in [6, 6.07) is 4.40. The number of anilines is 1. The lowest BCUT2D eigenvalue weighted by molar-refractivity contribution is -0.238. The molecule has 2 heterocycles. The lowest BCUT2D eigenvalue weighted by Gasteiger charge is -2.39. The summed E-state index contributed by atoms with van der Waals surface area (Å²) in [7, 11) is 0. The number of rotatable bonds is 3. The maximum Gasteiger partial charge on any atom is 0.417 e. The predicted octanol–water partition coefficient (Wildman–Crippen LogP) is 4.31. The number of amides is 1. The molecule has 0 aliphatic carbocycles. The first-order valence-corrected chi connectivity index (χ1v) is 9.12. The van der Waals surface area contributed by atoms with E-state index in [1.54, 1.807) is 0 Å². The summed E-state index contributed by atoms with van der Waals surface area (Å²) < 4.78 is 60.0. The van der Waals surface area contributed by atoms with Crippen LogP contribution in [-0.4, -0.2) is 35.6 Å². The summed E-state index contributed by atoms with van der Waals surface area (Å²) >= 11 is 11.7. The van der Waals surface area contributed by atoms with Crippen LogP contribution >= 0.6 is 23.2 Å². The molecule has 0 fully saturated rings. The number of nitrogens with zero attached hydrogens (tertiary/aromatic N) is 2. The van der Waals surface area contributed by atoms with E-state index in [4.69, 9.17) is 33.7 Å². The Kier molecular flexibility index (Phi) is 5.94. The summed E-state index contributed by atoms with van der Waals surface area (Å²) in [6.45, 7) is 0.511. The average molecular weight is 465 g/mol. The molecule has 160 valence electrons. The van der Waals surface area contributed by atoms with E-state index >= 15 is 0 Å². The zero-order chi connectivity index (χ0) is 22.3. The molecule has 30 heavy (non-hydrogen) atoms. The zero-order valence-electron chi connectivity index (χ0n) is 15.2. The van der Waals surface area contributed by atoms with Crippen LogP contribution in [0.2, 0.25) is 10.0 Å². The van der Waals surface area contributed by atoms with Crippen LogP contribution in [0.3, 0.4) is 0 Å². The molecule has 2 aromatic rings.